The summed E-state index contributed by atoms with van der Waals surface area (Å²) in [5, 5.41) is 9.43. The maximum absolute atomic E-state index is 9.43. The van der Waals surface area contributed by atoms with Crippen molar-refractivity contribution in [2.24, 2.45) is 16.7 Å². The summed E-state index contributed by atoms with van der Waals surface area (Å²) in [5.41, 5.74) is 9.48. The first-order valence-electron chi connectivity index (χ1n) is 17.2. The number of benzene rings is 1. The van der Waals surface area contributed by atoms with Crippen LogP contribution in [0.15, 0.2) is 84.0 Å². The van der Waals surface area contributed by atoms with Gasteiger partial charge in [0.1, 0.15) is 0 Å². The lowest BCUT2D eigenvalue weighted by molar-refractivity contribution is 0.194. The fraction of sp³-hybridized carbons (Fsp3) is 0.595. The molecule has 1 aliphatic carbocycles. The molecular weight excluding hydrogens is 518 g/mol. The molecular formula is C42H65N. The molecule has 1 nitrogen and oxygen atoms in total. The highest BCUT2D eigenvalue weighted by atomic mass is 14.4. The highest BCUT2D eigenvalue weighted by Gasteiger charge is 2.36. The predicted molar refractivity (Wildman–Crippen MR) is 192 cm³/mol. The predicted octanol–water partition coefficient (Wildman–Crippen LogP) is 13.2. The summed E-state index contributed by atoms with van der Waals surface area (Å²) < 4.78 is 0. The summed E-state index contributed by atoms with van der Waals surface area (Å²) in [6.07, 6.45) is 20.5. The summed E-state index contributed by atoms with van der Waals surface area (Å²) in [7, 11) is 0. The van der Waals surface area contributed by atoms with Crippen LogP contribution in [0, 0.1) is 28.1 Å². The van der Waals surface area contributed by atoms with Crippen molar-refractivity contribution in [3.8, 4) is 6.07 Å². The van der Waals surface area contributed by atoms with E-state index in [9.17, 15) is 5.26 Å². The molecule has 238 valence electrons. The van der Waals surface area contributed by atoms with Crippen molar-refractivity contribution >= 4 is 0 Å². The average Bonchev–Trinajstić information content (AvgIpc) is 2.98. The van der Waals surface area contributed by atoms with Gasteiger partial charge in [-0.15, -0.1) is 0 Å². The number of hydrogen-bond acceptors (Lipinski definition) is 1. The third kappa shape index (κ3) is 14.2. The zero-order valence-electron chi connectivity index (χ0n) is 29.5. The fourth-order valence-electron chi connectivity index (χ4n) is 6.56. The largest absolute Gasteiger partial charge is 0.192 e. The fourth-order valence-corrected chi connectivity index (χ4v) is 6.56. The van der Waals surface area contributed by atoms with Crippen molar-refractivity contribution < 1.29 is 0 Å². The second kappa shape index (κ2) is 19.6. The molecule has 0 saturated heterocycles. The first-order valence-corrected chi connectivity index (χ1v) is 17.2. The van der Waals surface area contributed by atoms with Crippen LogP contribution >= 0.6 is 0 Å². The molecule has 0 heterocycles. The van der Waals surface area contributed by atoms with Crippen molar-refractivity contribution in [1.29, 1.82) is 5.26 Å². The molecule has 0 N–H and O–H groups in total. The second-order valence-electron chi connectivity index (χ2n) is 14.3. The van der Waals surface area contributed by atoms with E-state index in [0.29, 0.717) is 11.3 Å². The molecule has 1 aliphatic rings. The molecule has 1 heteroatoms. The van der Waals surface area contributed by atoms with Gasteiger partial charge in [0.05, 0.1) is 11.6 Å². The zero-order chi connectivity index (χ0) is 32.5. The Morgan fingerprint density at radius 2 is 1.53 bits per heavy atom. The SMILES string of the molecule is C=C(CCCC)CC(C)(C)C.C=C(Cc1ccc(CC)cc1)C(C)CC1(C(=C)CCC(=C/C)/C(C#N)=C\C)CCCCC1. The summed E-state index contributed by atoms with van der Waals surface area (Å²) in [6.45, 7) is 30.8. The van der Waals surface area contributed by atoms with E-state index >= 15 is 0 Å². The van der Waals surface area contributed by atoms with E-state index in [0.717, 1.165) is 43.3 Å². The lowest BCUT2D eigenvalue weighted by atomic mass is 9.63. The van der Waals surface area contributed by atoms with E-state index < -0.39 is 0 Å². The molecule has 0 aliphatic heterocycles. The maximum atomic E-state index is 9.43. The van der Waals surface area contributed by atoms with Crippen LogP contribution in [0.4, 0.5) is 0 Å². The Bertz CT molecular complexity index is 1100. The lowest BCUT2D eigenvalue weighted by Crippen LogP contribution is -2.29. The van der Waals surface area contributed by atoms with E-state index in [2.05, 4.69) is 97.7 Å². The first-order chi connectivity index (χ1) is 20.3. The molecule has 0 bridgehead atoms. The van der Waals surface area contributed by atoms with Gasteiger partial charge in [-0.05, 0) is 112 Å². The molecule has 0 spiro atoms. The van der Waals surface area contributed by atoms with E-state index in [-0.39, 0.29) is 5.41 Å². The lowest BCUT2D eigenvalue weighted by Gasteiger charge is -2.42. The molecule has 0 aromatic heterocycles. The molecule has 2 rings (SSSR count). The first kappa shape index (κ1) is 38.4. The number of aryl methyl sites for hydroxylation is 1. The van der Waals surface area contributed by atoms with Crippen LogP contribution in [0.25, 0.3) is 0 Å². The minimum absolute atomic E-state index is 0.217. The van der Waals surface area contributed by atoms with Crippen molar-refractivity contribution in [3.05, 3.63) is 95.1 Å². The number of nitrogens with zero attached hydrogens (tertiary/aromatic N) is 1. The van der Waals surface area contributed by atoms with Gasteiger partial charge in [0.2, 0.25) is 0 Å². The molecule has 0 radical (unpaired) electrons. The van der Waals surface area contributed by atoms with Crippen LogP contribution in [0.2, 0.25) is 0 Å². The van der Waals surface area contributed by atoms with Crippen molar-refractivity contribution in [1.82, 2.24) is 0 Å². The van der Waals surface area contributed by atoms with Crippen molar-refractivity contribution in [2.45, 2.75) is 145 Å². The van der Waals surface area contributed by atoms with Crippen molar-refractivity contribution in [2.75, 3.05) is 0 Å². The summed E-state index contributed by atoms with van der Waals surface area (Å²) in [5.74, 6) is 0.474. The van der Waals surface area contributed by atoms with Gasteiger partial charge in [0, 0.05) is 0 Å². The third-order valence-corrected chi connectivity index (χ3v) is 9.28. The van der Waals surface area contributed by atoms with Gasteiger partial charge in [0.15, 0.2) is 0 Å². The highest BCUT2D eigenvalue weighted by Crippen LogP contribution is 2.49. The van der Waals surface area contributed by atoms with Crippen LogP contribution < -0.4 is 0 Å². The highest BCUT2D eigenvalue weighted by molar-refractivity contribution is 5.41. The van der Waals surface area contributed by atoms with E-state index in [1.807, 2.05) is 19.9 Å². The van der Waals surface area contributed by atoms with Crippen LogP contribution in [0.5, 0.6) is 0 Å². The van der Waals surface area contributed by atoms with Crippen molar-refractivity contribution in [3.63, 3.8) is 0 Å². The smallest absolute Gasteiger partial charge is 0.0990 e. The number of allylic oxidation sites excluding steroid dienone is 7. The molecule has 1 aromatic carbocycles. The maximum Gasteiger partial charge on any atom is 0.0990 e. The van der Waals surface area contributed by atoms with Gasteiger partial charge in [-0.2, -0.15) is 5.26 Å². The molecule has 1 fully saturated rings. The molecule has 43 heavy (non-hydrogen) atoms. The normalized spacial score (nSPS) is 16.0. The molecule has 1 atom stereocenters. The Morgan fingerprint density at radius 1 is 0.930 bits per heavy atom. The minimum atomic E-state index is 0.217. The van der Waals surface area contributed by atoms with E-state index in [1.165, 1.54) is 85.6 Å². The number of rotatable bonds is 15. The van der Waals surface area contributed by atoms with Gasteiger partial charge in [-0.3, -0.25) is 0 Å². The van der Waals surface area contributed by atoms with Crippen LogP contribution in [0.1, 0.15) is 144 Å². The Morgan fingerprint density at radius 3 is 2.02 bits per heavy atom. The van der Waals surface area contributed by atoms with Gasteiger partial charge < -0.3 is 0 Å². The summed E-state index contributed by atoms with van der Waals surface area (Å²) in [4.78, 5) is 0. The monoisotopic (exact) mass is 584 g/mol. The second-order valence-corrected chi connectivity index (χ2v) is 14.3. The topological polar surface area (TPSA) is 23.8 Å². The number of hydrogen-bond donors (Lipinski definition) is 0. The molecule has 1 saturated carbocycles. The van der Waals surface area contributed by atoms with Gasteiger partial charge in [0.25, 0.3) is 0 Å². The number of nitriles is 1. The standard InChI is InChI=1S/C31H43N.C11H22/c1-7-27-14-16-28(17-15-27)21-24(4)25(5)22-31(19-11-10-12-20-31)26(6)13-18-29(8-2)30(9-3)23-32;1-6-7-8-10(2)9-11(3,4)5/h8-9,14-17,25H,4,6-7,10-13,18-22H2,1-3,5H3;2,6-9H2,1,3-5H3/b29-8-,30-9-;. The van der Waals surface area contributed by atoms with Crippen LogP contribution in [-0.2, 0) is 12.8 Å². The van der Waals surface area contributed by atoms with E-state index in [4.69, 9.17) is 0 Å². The zero-order valence-corrected chi connectivity index (χ0v) is 29.5. The third-order valence-electron chi connectivity index (χ3n) is 9.28. The molecule has 0 amide bonds. The molecule has 1 unspecified atom stereocenters. The minimum Gasteiger partial charge on any atom is -0.192 e. The quantitative estimate of drug-likeness (QED) is 0.114. The average molecular weight is 584 g/mol. The van der Waals surface area contributed by atoms with Gasteiger partial charge in [-0.1, -0.05) is 140 Å². The molecule has 1 aromatic rings. The Hall–Kier alpha value is -2.59. The van der Waals surface area contributed by atoms with Crippen LogP contribution in [-0.4, -0.2) is 0 Å². The Balaban J connectivity index is 0.000000712. The number of unbranched alkanes of at least 4 members (excludes halogenated alkanes) is 1. The Kier molecular flexibility index (Phi) is 17.6. The Labute approximate surface area is 268 Å². The van der Waals surface area contributed by atoms with Gasteiger partial charge >= 0.3 is 0 Å². The summed E-state index contributed by atoms with van der Waals surface area (Å²) in [6, 6.07) is 11.4. The van der Waals surface area contributed by atoms with Gasteiger partial charge in [-0.25, -0.2) is 0 Å². The summed E-state index contributed by atoms with van der Waals surface area (Å²) >= 11 is 0. The van der Waals surface area contributed by atoms with Crippen LogP contribution in [0.3, 0.4) is 0 Å². The van der Waals surface area contributed by atoms with E-state index in [1.54, 1.807) is 0 Å².